The van der Waals surface area contributed by atoms with Crippen LogP contribution in [0, 0.1) is 0 Å². The Bertz CT molecular complexity index is 779. The molecular weight excluding hydrogens is 350 g/mol. The number of carbonyl (C=O) groups excluding carboxylic acids is 1. The van der Waals surface area contributed by atoms with Gasteiger partial charge in [-0.3, -0.25) is 4.79 Å². The SMILES string of the molecule is COc1cccc(CCC(C)=[S-]2=CC(=O)NC2=S)c1OCC(=O)O. The summed E-state index contributed by atoms with van der Waals surface area (Å²) >= 11 is 5.18. The summed E-state index contributed by atoms with van der Waals surface area (Å²) in [6, 6.07) is 5.43. The largest absolute Gasteiger partial charge is 0.493 e. The topological polar surface area (TPSA) is 84.9 Å². The van der Waals surface area contributed by atoms with Gasteiger partial charge in [0, 0.05) is 0 Å². The number of hydrogen-bond donors (Lipinski definition) is 2. The predicted octanol–water partition coefficient (Wildman–Crippen LogP) is 1.12. The van der Waals surface area contributed by atoms with Crippen molar-refractivity contribution in [2.24, 2.45) is 0 Å². The molecule has 1 heterocycles. The van der Waals surface area contributed by atoms with E-state index in [4.69, 9.17) is 26.8 Å². The van der Waals surface area contributed by atoms with Crippen LogP contribution in [0.5, 0.6) is 11.5 Å². The minimum atomic E-state index is -1.05. The van der Waals surface area contributed by atoms with E-state index in [2.05, 4.69) is 5.32 Å². The zero-order chi connectivity index (χ0) is 17.7. The molecule has 0 aliphatic carbocycles. The molecule has 1 aliphatic heterocycles. The van der Waals surface area contributed by atoms with Crippen molar-refractivity contribution in [3.05, 3.63) is 23.8 Å². The first-order chi connectivity index (χ1) is 11.4. The second-order valence-corrected chi connectivity index (χ2v) is 7.75. The fraction of sp³-hybridized carbons (Fsp3) is 0.312. The van der Waals surface area contributed by atoms with Gasteiger partial charge in [-0.1, -0.05) is 37.7 Å². The molecule has 1 aliphatic rings. The molecule has 0 atom stereocenters. The summed E-state index contributed by atoms with van der Waals surface area (Å²) < 4.78 is 11.2. The van der Waals surface area contributed by atoms with Crippen molar-refractivity contribution >= 4 is 48.7 Å². The highest BCUT2D eigenvalue weighted by Crippen LogP contribution is 2.32. The van der Waals surface area contributed by atoms with Crippen LogP contribution in [0.3, 0.4) is 0 Å². The van der Waals surface area contributed by atoms with E-state index in [1.807, 2.05) is 19.1 Å². The lowest BCUT2D eigenvalue weighted by Crippen LogP contribution is -2.21. The molecule has 1 aromatic carbocycles. The van der Waals surface area contributed by atoms with Gasteiger partial charge < -0.3 is 30.0 Å². The number of carbonyl (C=O) groups is 2. The van der Waals surface area contributed by atoms with Crippen LogP contribution in [0.1, 0.15) is 18.9 Å². The van der Waals surface area contributed by atoms with Crippen LogP contribution < -0.4 is 14.8 Å². The number of carboxylic acid groups (broad SMARTS) is 1. The number of hydrogen-bond acceptors (Lipinski definition) is 6. The van der Waals surface area contributed by atoms with Crippen molar-refractivity contribution in [2.75, 3.05) is 13.7 Å². The van der Waals surface area contributed by atoms with Crippen LogP contribution >= 0.6 is 12.2 Å². The van der Waals surface area contributed by atoms with Gasteiger partial charge in [-0.05, 0) is 22.4 Å². The quantitative estimate of drug-likeness (QED) is 0.554. The van der Waals surface area contributed by atoms with Crippen LogP contribution in [0.25, 0.3) is 0 Å². The van der Waals surface area contributed by atoms with Gasteiger partial charge in [0.05, 0.1) is 7.11 Å². The molecule has 0 unspecified atom stereocenters. The number of nitrogens with one attached hydrogen (secondary N) is 1. The van der Waals surface area contributed by atoms with Crippen LogP contribution in [0.15, 0.2) is 18.2 Å². The van der Waals surface area contributed by atoms with Crippen molar-refractivity contribution in [3.63, 3.8) is 0 Å². The van der Waals surface area contributed by atoms with Crippen molar-refractivity contribution in [1.82, 2.24) is 5.32 Å². The molecule has 130 valence electrons. The van der Waals surface area contributed by atoms with Crippen molar-refractivity contribution in [2.45, 2.75) is 19.8 Å². The summed E-state index contributed by atoms with van der Waals surface area (Å²) in [6.07, 6.45) is 1.33. The zero-order valence-electron chi connectivity index (χ0n) is 13.3. The van der Waals surface area contributed by atoms with Gasteiger partial charge in [-0.25, -0.2) is 4.79 Å². The molecule has 0 saturated heterocycles. The molecule has 24 heavy (non-hydrogen) atoms. The summed E-state index contributed by atoms with van der Waals surface area (Å²) in [5.74, 6) is -0.277. The lowest BCUT2D eigenvalue weighted by atomic mass is 10.1. The predicted molar refractivity (Wildman–Crippen MR) is 99.3 cm³/mol. The van der Waals surface area contributed by atoms with Gasteiger partial charge in [0.1, 0.15) is 0 Å². The number of benzene rings is 1. The molecule has 0 spiro atoms. The molecular formula is C16H18NO5S2-. The molecule has 2 N–H and O–H groups in total. The van der Waals surface area contributed by atoms with Crippen LogP contribution in [0.2, 0.25) is 0 Å². The van der Waals surface area contributed by atoms with Gasteiger partial charge in [0.2, 0.25) is 5.91 Å². The summed E-state index contributed by atoms with van der Waals surface area (Å²) in [5.41, 5.74) is 0.850. The molecule has 0 radical (unpaired) electrons. The third-order valence-electron chi connectivity index (χ3n) is 3.39. The average molecular weight is 368 g/mol. The minimum Gasteiger partial charge on any atom is -0.493 e. The Labute approximate surface area is 147 Å². The average Bonchev–Trinajstić information content (AvgIpc) is 2.89. The van der Waals surface area contributed by atoms with E-state index in [1.165, 1.54) is 7.11 Å². The number of para-hydroxylation sites is 1. The van der Waals surface area contributed by atoms with Crippen molar-refractivity contribution in [3.8, 4) is 11.5 Å². The fourth-order valence-corrected chi connectivity index (χ4v) is 4.34. The zero-order valence-corrected chi connectivity index (χ0v) is 15.0. The third kappa shape index (κ3) is 4.48. The molecule has 0 saturated carbocycles. The molecule has 0 fully saturated rings. The van der Waals surface area contributed by atoms with Gasteiger partial charge >= 0.3 is 5.97 Å². The number of carboxylic acids is 1. The second kappa shape index (κ2) is 8.16. The summed E-state index contributed by atoms with van der Waals surface area (Å²) in [5, 5.41) is 13.0. The van der Waals surface area contributed by atoms with Crippen LogP contribution in [-0.4, -0.2) is 45.3 Å². The first-order valence-electron chi connectivity index (χ1n) is 7.18. The summed E-state index contributed by atoms with van der Waals surface area (Å²) in [7, 11) is 1.06. The van der Waals surface area contributed by atoms with E-state index in [0.717, 1.165) is 10.4 Å². The minimum absolute atomic E-state index is 0.158. The Kier molecular flexibility index (Phi) is 6.22. The lowest BCUT2D eigenvalue weighted by Gasteiger charge is -2.17. The standard InChI is InChI=1S/C16H18NO5S2/c1-10(24-9-13(18)17-16(24)23)6-7-11-4-3-5-12(21-2)15(11)22-8-14(19)20/h3-5,9H,6-8H2,1-2H3,(H,19,20)(H,17,18,23)/q-1. The van der Waals surface area contributed by atoms with E-state index in [9.17, 15) is 9.59 Å². The molecule has 0 aromatic heterocycles. The number of thiocarbonyl (C=S) groups is 1. The highest BCUT2D eigenvalue weighted by atomic mass is 32.2. The van der Waals surface area contributed by atoms with E-state index in [1.54, 1.807) is 11.4 Å². The molecule has 2 rings (SSSR count). The monoisotopic (exact) mass is 368 g/mol. The van der Waals surface area contributed by atoms with Gasteiger partial charge in [-0.2, -0.15) is 4.86 Å². The lowest BCUT2D eigenvalue weighted by molar-refractivity contribution is -0.139. The molecule has 8 heteroatoms. The maximum absolute atomic E-state index is 11.4. The van der Waals surface area contributed by atoms with Gasteiger partial charge in [0.25, 0.3) is 0 Å². The maximum atomic E-state index is 11.4. The number of amides is 1. The van der Waals surface area contributed by atoms with Gasteiger partial charge in [0.15, 0.2) is 18.1 Å². The van der Waals surface area contributed by atoms with Crippen LogP contribution in [-0.2, 0) is 26.1 Å². The number of aryl methyl sites for hydroxylation is 1. The fourth-order valence-electron chi connectivity index (χ4n) is 2.24. The van der Waals surface area contributed by atoms with Crippen molar-refractivity contribution < 1.29 is 24.2 Å². The molecule has 1 amide bonds. The number of methoxy groups -OCH3 is 1. The van der Waals surface area contributed by atoms with E-state index in [0.29, 0.717) is 28.7 Å². The van der Waals surface area contributed by atoms with E-state index < -0.39 is 22.6 Å². The third-order valence-corrected chi connectivity index (χ3v) is 5.94. The van der Waals surface area contributed by atoms with Crippen molar-refractivity contribution in [1.29, 1.82) is 0 Å². The van der Waals surface area contributed by atoms with Gasteiger partial charge in [-0.15, -0.1) is 5.37 Å². The second-order valence-electron chi connectivity index (χ2n) is 5.07. The Hall–Kier alpha value is -2.06. The summed E-state index contributed by atoms with van der Waals surface area (Å²) in [6.45, 7) is 1.53. The molecule has 0 bridgehead atoms. The van der Waals surface area contributed by atoms with Crippen LogP contribution in [0.4, 0.5) is 0 Å². The molecule has 6 nitrogen and oxygen atoms in total. The normalized spacial score (nSPS) is 17.1. The molecule has 1 aromatic rings. The first kappa shape index (κ1) is 18.3. The van der Waals surface area contributed by atoms with E-state index >= 15 is 0 Å². The Morgan fingerprint density at radius 2 is 2.17 bits per heavy atom. The highest BCUT2D eigenvalue weighted by molar-refractivity contribution is 8.19. The number of aliphatic carboxylic acids is 1. The maximum Gasteiger partial charge on any atom is 0.341 e. The number of ether oxygens (including phenoxy) is 2. The highest BCUT2D eigenvalue weighted by Gasteiger charge is 2.12. The Morgan fingerprint density at radius 1 is 1.42 bits per heavy atom. The number of rotatable bonds is 7. The Morgan fingerprint density at radius 3 is 2.75 bits per heavy atom. The first-order valence-corrected chi connectivity index (χ1v) is 8.87. The van der Waals surface area contributed by atoms with E-state index in [-0.39, 0.29) is 5.91 Å². The summed E-state index contributed by atoms with van der Waals surface area (Å²) in [4.78, 5) is 23.2. The Balaban J connectivity index is 2.22. The smallest absolute Gasteiger partial charge is 0.341 e.